The van der Waals surface area contributed by atoms with Crippen LogP contribution in [0.25, 0.3) is 10.2 Å². The summed E-state index contributed by atoms with van der Waals surface area (Å²) < 4.78 is 6.92. The van der Waals surface area contributed by atoms with Crippen LogP contribution in [0.3, 0.4) is 0 Å². The van der Waals surface area contributed by atoms with Gasteiger partial charge in [0.15, 0.2) is 0 Å². The fourth-order valence-corrected chi connectivity index (χ4v) is 5.28. The van der Waals surface area contributed by atoms with E-state index in [2.05, 4.69) is 11.1 Å². The number of para-hydroxylation sites is 1. The summed E-state index contributed by atoms with van der Waals surface area (Å²) in [5, 5.41) is 2.99. The largest absolute Gasteiger partial charge is 0.487 e. The SMILES string of the molecule is O=C(c1ccc(OCc2cscn2)cc1)N1CCCC1c1nc2ccccc2s1. The van der Waals surface area contributed by atoms with Crippen LogP contribution in [0.5, 0.6) is 5.75 Å². The van der Waals surface area contributed by atoms with Crippen molar-refractivity contribution in [1.29, 1.82) is 0 Å². The fourth-order valence-electron chi connectivity index (χ4n) is 3.62. The summed E-state index contributed by atoms with van der Waals surface area (Å²) in [7, 11) is 0. The van der Waals surface area contributed by atoms with Crippen molar-refractivity contribution in [3.8, 4) is 5.75 Å². The molecule has 2 aromatic carbocycles. The van der Waals surface area contributed by atoms with E-state index in [0.717, 1.165) is 41.4 Å². The lowest BCUT2D eigenvalue weighted by molar-refractivity contribution is 0.0735. The van der Waals surface area contributed by atoms with Crippen LogP contribution in [0.2, 0.25) is 0 Å². The molecule has 3 heterocycles. The van der Waals surface area contributed by atoms with E-state index in [-0.39, 0.29) is 11.9 Å². The predicted molar refractivity (Wildman–Crippen MR) is 116 cm³/mol. The molecule has 0 N–H and O–H groups in total. The lowest BCUT2D eigenvalue weighted by Crippen LogP contribution is -2.30. The Kier molecular flexibility index (Phi) is 4.99. The van der Waals surface area contributed by atoms with Crippen LogP contribution in [0.4, 0.5) is 0 Å². The quantitative estimate of drug-likeness (QED) is 0.438. The molecular formula is C22H19N3O2S2. The molecule has 146 valence electrons. The molecule has 1 aliphatic heterocycles. The van der Waals surface area contributed by atoms with Crippen LogP contribution in [0.15, 0.2) is 59.4 Å². The first kappa shape index (κ1) is 18.3. The Morgan fingerprint density at radius 3 is 2.83 bits per heavy atom. The number of aromatic nitrogens is 2. The standard InChI is InChI=1S/C22H19N3O2S2/c26-22(15-7-9-17(10-8-15)27-12-16-13-28-14-23-16)25-11-3-5-19(25)21-24-18-4-1-2-6-20(18)29-21/h1-2,4,6-10,13-14,19H,3,5,11-12H2. The van der Waals surface area contributed by atoms with E-state index < -0.39 is 0 Å². The van der Waals surface area contributed by atoms with E-state index in [1.807, 2.05) is 52.7 Å². The monoisotopic (exact) mass is 421 g/mol. The van der Waals surface area contributed by atoms with Gasteiger partial charge < -0.3 is 9.64 Å². The maximum atomic E-state index is 13.2. The first-order valence-electron chi connectivity index (χ1n) is 9.54. The van der Waals surface area contributed by atoms with Crippen LogP contribution < -0.4 is 4.74 Å². The Bertz CT molecular complexity index is 1090. The molecule has 0 spiro atoms. The Balaban J connectivity index is 1.31. The highest BCUT2D eigenvalue weighted by Gasteiger charge is 2.32. The number of carbonyl (C=O) groups is 1. The summed E-state index contributed by atoms with van der Waals surface area (Å²) in [5.74, 6) is 0.788. The zero-order valence-corrected chi connectivity index (χ0v) is 17.3. The van der Waals surface area contributed by atoms with E-state index in [4.69, 9.17) is 9.72 Å². The molecule has 7 heteroatoms. The highest BCUT2D eigenvalue weighted by Crippen LogP contribution is 2.37. The van der Waals surface area contributed by atoms with Gasteiger partial charge in [-0.2, -0.15) is 0 Å². The lowest BCUT2D eigenvalue weighted by atomic mass is 10.1. The van der Waals surface area contributed by atoms with Gasteiger partial charge >= 0.3 is 0 Å². The molecular weight excluding hydrogens is 402 g/mol. The summed E-state index contributed by atoms with van der Waals surface area (Å²) in [6, 6.07) is 15.6. The first-order valence-corrected chi connectivity index (χ1v) is 11.3. The molecule has 5 rings (SSSR count). The normalized spacial score (nSPS) is 16.4. The topological polar surface area (TPSA) is 55.3 Å². The average Bonchev–Trinajstić information content (AvgIpc) is 3.52. The number of amides is 1. The van der Waals surface area contributed by atoms with Crippen molar-refractivity contribution >= 4 is 38.8 Å². The maximum Gasteiger partial charge on any atom is 0.254 e. The van der Waals surface area contributed by atoms with Crippen molar-refractivity contribution in [3.63, 3.8) is 0 Å². The number of carbonyl (C=O) groups excluding carboxylic acids is 1. The number of rotatable bonds is 5. The summed E-state index contributed by atoms with van der Waals surface area (Å²) in [6.45, 7) is 1.20. The number of likely N-dealkylation sites (tertiary alicyclic amines) is 1. The third-order valence-corrected chi connectivity index (χ3v) is 6.85. The molecule has 0 bridgehead atoms. The van der Waals surface area contributed by atoms with E-state index in [9.17, 15) is 4.79 Å². The minimum atomic E-state index is 0.0535. The van der Waals surface area contributed by atoms with Crippen molar-refractivity contribution in [2.24, 2.45) is 0 Å². The van der Waals surface area contributed by atoms with Crippen molar-refractivity contribution in [2.75, 3.05) is 6.54 Å². The number of hydrogen-bond donors (Lipinski definition) is 0. The molecule has 1 fully saturated rings. The van der Waals surface area contributed by atoms with E-state index >= 15 is 0 Å². The highest BCUT2D eigenvalue weighted by molar-refractivity contribution is 7.18. The predicted octanol–water partition coefficient (Wildman–Crippen LogP) is 5.31. The van der Waals surface area contributed by atoms with Crippen molar-refractivity contribution in [2.45, 2.75) is 25.5 Å². The third kappa shape index (κ3) is 3.75. The fraction of sp³-hybridized carbons (Fsp3) is 0.227. The number of ether oxygens (including phenoxy) is 1. The number of benzene rings is 2. The summed E-state index contributed by atoms with van der Waals surface area (Å²) in [5.41, 5.74) is 4.39. The molecule has 5 nitrogen and oxygen atoms in total. The smallest absolute Gasteiger partial charge is 0.254 e. The molecule has 1 unspecified atom stereocenters. The second-order valence-corrected chi connectivity index (χ2v) is 8.75. The number of thiazole rings is 2. The van der Waals surface area contributed by atoms with Gasteiger partial charge in [-0.15, -0.1) is 22.7 Å². The van der Waals surface area contributed by atoms with Gasteiger partial charge in [0, 0.05) is 17.5 Å². The number of fused-ring (bicyclic) bond motifs is 1. The highest BCUT2D eigenvalue weighted by atomic mass is 32.1. The minimum Gasteiger partial charge on any atom is -0.487 e. The summed E-state index contributed by atoms with van der Waals surface area (Å²) >= 11 is 3.24. The van der Waals surface area contributed by atoms with Crippen molar-refractivity contribution in [1.82, 2.24) is 14.9 Å². The second-order valence-electron chi connectivity index (χ2n) is 6.97. The first-order chi connectivity index (χ1) is 14.3. The minimum absolute atomic E-state index is 0.0535. The van der Waals surface area contributed by atoms with Gasteiger partial charge in [0.2, 0.25) is 0 Å². The van der Waals surface area contributed by atoms with Gasteiger partial charge in [-0.1, -0.05) is 12.1 Å². The third-order valence-electron chi connectivity index (χ3n) is 5.08. The second kappa shape index (κ2) is 7.93. The molecule has 29 heavy (non-hydrogen) atoms. The summed E-state index contributed by atoms with van der Waals surface area (Å²) in [6.07, 6.45) is 1.96. The van der Waals surface area contributed by atoms with Gasteiger partial charge in [-0.05, 0) is 49.2 Å². The molecule has 1 amide bonds. The van der Waals surface area contributed by atoms with Gasteiger partial charge in [-0.25, -0.2) is 9.97 Å². The van der Waals surface area contributed by atoms with Crippen LogP contribution >= 0.6 is 22.7 Å². The van der Waals surface area contributed by atoms with Gasteiger partial charge in [0.05, 0.1) is 27.5 Å². The molecule has 2 aromatic heterocycles. The van der Waals surface area contributed by atoms with Crippen LogP contribution in [0.1, 0.15) is 39.9 Å². The molecule has 0 radical (unpaired) electrons. The van der Waals surface area contributed by atoms with Gasteiger partial charge in [-0.3, -0.25) is 4.79 Å². The lowest BCUT2D eigenvalue weighted by Gasteiger charge is -2.23. The molecule has 1 atom stereocenters. The Hall–Kier alpha value is -2.77. The maximum absolute atomic E-state index is 13.2. The number of nitrogens with zero attached hydrogens (tertiary/aromatic N) is 3. The zero-order chi connectivity index (χ0) is 19.6. The van der Waals surface area contributed by atoms with Crippen LogP contribution in [-0.2, 0) is 6.61 Å². The van der Waals surface area contributed by atoms with Crippen molar-refractivity contribution in [3.05, 3.63) is 75.7 Å². The van der Waals surface area contributed by atoms with Crippen LogP contribution in [0, 0.1) is 0 Å². The number of hydrogen-bond acceptors (Lipinski definition) is 6. The average molecular weight is 422 g/mol. The van der Waals surface area contributed by atoms with E-state index in [0.29, 0.717) is 12.2 Å². The zero-order valence-electron chi connectivity index (χ0n) is 15.7. The van der Waals surface area contributed by atoms with E-state index in [1.165, 1.54) is 4.70 Å². The Labute approximate surface area is 176 Å². The van der Waals surface area contributed by atoms with Gasteiger partial charge in [0.25, 0.3) is 5.91 Å². The van der Waals surface area contributed by atoms with Gasteiger partial charge in [0.1, 0.15) is 17.4 Å². The molecule has 4 aromatic rings. The van der Waals surface area contributed by atoms with E-state index in [1.54, 1.807) is 28.2 Å². The van der Waals surface area contributed by atoms with Crippen molar-refractivity contribution < 1.29 is 9.53 Å². The molecule has 1 aliphatic rings. The Morgan fingerprint density at radius 2 is 2.03 bits per heavy atom. The molecule has 0 saturated carbocycles. The molecule has 1 saturated heterocycles. The Morgan fingerprint density at radius 1 is 1.17 bits per heavy atom. The summed E-state index contributed by atoms with van der Waals surface area (Å²) in [4.78, 5) is 24.1. The molecule has 0 aliphatic carbocycles. The van der Waals surface area contributed by atoms with Crippen LogP contribution in [-0.4, -0.2) is 27.3 Å².